The zero-order valence-electron chi connectivity index (χ0n) is 15.2. The van der Waals surface area contributed by atoms with Crippen LogP contribution in [0.1, 0.15) is 38.2 Å². The Morgan fingerprint density at radius 2 is 1.88 bits per heavy atom. The number of quaternary nitrogens is 1. The number of rotatable bonds is 5. The van der Waals surface area contributed by atoms with Crippen molar-refractivity contribution in [3.63, 3.8) is 0 Å². The van der Waals surface area contributed by atoms with Gasteiger partial charge in [0.2, 0.25) is 0 Å². The normalized spacial score (nSPS) is 25.1. The second kappa shape index (κ2) is 7.53. The van der Waals surface area contributed by atoms with Crippen molar-refractivity contribution in [2.75, 3.05) is 13.7 Å². The minimum absolute atomic E-state index is 0.0809. The van der Waals surface area contributed by atoms with E-state index in [1.54, 1.807) is 12.1 Å². The van der Waals surface area contributed by atoms with E-state index in [1.165, 1.54) is 17.0 Å². The van der Waals surface area contributed by atoms with Gasteiger partial charge in [-0.3, -0.25) is 14.5 Å². The molecule has 1 aromatic carbocycles. The minimum atomic E-state index is -0.758. The molecule has 3 rings (SSSR count). The highest BCUT2D eigenvalue weighted by Crippen LogP contribution is 2.30. The van der Waals surface area contributed by atoms with E-state index in [0.717, 1.165) is 41.0 Å². The first-order valence-corrected chi connectivity index (χ1v) is 9.13. The lowest BCUT2D eigenvalue weighted by Gasteiger charge is -2.34. The van der Waals surface area contributed by atoms with Gasteiger partial charge in [0, 0.05) is 11.6 Å². The zero-order valence-corrected chi connectivity index (χ0v) is 15.2. The molecule has 1 saturated carbocycles. The van der Waals surface area contributed by atoms with E-state index in [4.69, 9.17) is 0 Å². The molecule has 140 valence electrons. The van der Waals surface area contributed by atoms with Crippen LogP contribution < -0.4 is 4.90 Å². The molecule has 1 N–H and O–H groups in total. The van der Waals surface area contributed by atoms with Crippen molar-refractivity contribution < 1.29 is 23.7 Å². The summed E-state index contributed by atoms with van der Waals surface area (Å²) in [7, 11) is 1.81. The summed E-state index contributed by atoms with van der Waals surface area (Å²) in [6, 6.07) is 5.51. The largest absolute Gasteiger partial charge is 0.338 e. The predicted molar refractivity (Wildman–Crippen MR) is 92.4 cm³/mol. The van der Waals surface area contributed by atoms with Crippen LogP contribution in [-0.2, 0) is 16.1 Å². The highest BCUT2D eigenvalue weighted by atomic mass is 19.1. The number of nitrogens with zero attached hydrogens (tertiary/aromatic N) is 2. The van der Waals surface area contributed by atoms with Crippen molar-refractivity contribution in [1.82, 2.24) is 9.80 Å². The maximum absolute atomic E-state index is 13.3. The van der Waals surface area contributed by atoms with Gasteiger partial charge >= 0.3 is 17.8 Å². The van der Waals surface area contributed by atoms with E-state index >= 15 is 0 Å². The molecule has 7 heteroatoms. The first-order valence-electron chi connectivity index (χ1n) is 9.13. The predicted octanol–water partition coefficient (Wildman–Crippen LogP) is 1.17. The molecule has 0 aromatic heterocycles. The molecule has 1 aliphatic heterocycles. The van der Waals surface area contributed by atoms with Crippen LogP contribution in [0.15, 0.2) is 24.3 Å². The number of hydrogen-bond acceptors (Lipinski definition) is 3. The summed E-state index contributed by atoms with van der Waals surface area (Å²) in [5, 5.41) is 0. The fourth-order valence-corrected chi connectivity index (χ4v) is 3.96. The molecule has 0 spiro atoms. The number of amides is 4. The van der Waals surface area contributed by atoms with Gasteiger partial charge in [-0.05, 0) is 30.9 Å². The first-order chi connectivity index (χ1) is 12.4. The fraction of sp³-hybridized carbons (Fsp3) is 0.526. The number of carbonyl (C=O) groups excluding carboxylic acids is 3. The highest BCUT2D eigenvalue weighted by Gasteiger charge is 2.50. The summed E-state index contributed by atoms with van der Waals surface area (Å²) in [4.78, 5) is 40.5. The summed E-state index contributed by atoms with van der Waals surface area (Å²) in [5.74, 6) is -1.59. The molecule has 3 atom stereocenters. The summed E-state index contributed by atoms with van der Waals surface area (Å²) in [5.41, 5.74) is 0.769. The van der Waals surface area contributed by atoms with Gasteiger partial charge in [0.25, 0.3) is 0 Å². The number of nitrogens with one attached hydrogen (secondary N) is 1. The molecule has 26 heavy (non-hydrogen) atoms. The minimum Gasteiger partial charge on any atom is -0.316 e. The summed E-state index contributed by atoms with van der Waals surface area (Å²) >= 11 is 0. The topological polar surface area (TPSA) is 62.1 Å². The highest BCUT2D eigenvalue weighted by molar-refractivity contribution is 6.44. The lowest BCUT2D eigenvalue weighted by molar-refractivity contribution is -0.901. The third kappa shape index (κ3) is 3.62. The lowest BCUT2D eigenvalue weighted by atomic mass is 9.85. The number of halogens is 1. The van der Waals surface area contributed by atoms with E-state index < -0.39 is 17.8 Å². The van der Waals surface area contributed by atoms with Gasteiger partial charge in [-0.2, -0.15) is 0 Å². The number of benzene rings is 1. The van der Waals surface area contributed by atoms with Crippen LogP contribution in [0.2, 0.25) is 0 Å². The van der Waals surface area contributed by atoms with Gasteiger partial charge < -0.3 is 4.90 Å². The van der Waals surface area contributed by atoms with Crippen molar-refractivity contribution >= 4 is 17.8 Å². The lowest BCUT2D eigenvalue weighted by Crippen LogP contribution is -3.09. The fourth-order valence-electron chi connectivity index (χ4n) is 3.96. The zero-order chi connectivity index (χ0) is 18.8. The van der Waals surface area contributed by atoms with Crippen molar-refractivity contribution in [1.29, 1.82) is 0 Å². The molecule has 1 saturated heterocycles. The average Bonchev–Trinajstić information content (AvgIpc) is 2.79. The van der Waals surface area contributed by atoms with Gasteiger partial charge in [-0.25, -0.2) is 14.1 Å². The molecule has 2 fully saturated rings. The van der Waals surface area contributed by atoms with Gasteiger partial charge in [-0.1, -0.05) is 31.9 Å². The van der Waals surface area contributed by atoms with E-state index in [0.29, 0.717) is 6.54 Å². The monoisotopic (exact) mass is 362 g/mol. The van der Waals surface area contributed by atoms with Gasteiger partial charge in [-0.15, -0.1) is 0 Å². The maximum atomic E-state index is 13.3. The third-order valence-corrected chi connectivity index (χ3v) is 5.30. The number of carbonyl (C=O) groups is 3. The second-order valence-corrected chi connectivity index (χ2v) is 7.44. The molecular weight excluding hydrogens is 337 g/mol. The smallest absolute Gasteiger partial charge is 0.316 e. The Labute approximate surface area is 152 Å². The molecule has 4 amide bonds. The van der Waals surface area contributed by atoms with Crippen molar-refractivity contribution in [3.8, 4) is 0 Å². The number of urea groups is 1. The van der Waals surface area contributed by atoms with Gasteiger partial charge in [0.15, 0.2) is 6.67 Å². The Hall–Kier alpha value is -2.28. The Bertz CT molecular complexity index is 724. The number of imide groups is 2. The van der Waals surface area contributed by atoms with Crippen molar-refractivity contribution in [3.05, 3.63) is 35.6 Å². The van der Waals surface area contributed by atoms with E-state index in [2.05, 4.69) is 0 Å². The Morgan fingerprint density at radius 1 is 1.15 bits per heavy atom. The second-order valence-electron chi connectivity index (χ2n) is 7.44. The molecule has 0 bridgehead atoms. The van der Waals surface area contributed by atoms with E-state index in [9.17, 15) is 18.8 Å². The average molecular weight is 362 g/mol. The van der Waals surface area contributed by atoms with Crippen molar-refractivity contribution in [2.45, 2.75) is 45.2 Å². The summed E-state index contributed by atoms with van der Waals surface area (Å²) < 4.78 is 13.3. The van der Waals surface area contributed by atoms with Crippen LogP contribution >= 0.6 is 0 Å². The third-order valence-electron chi connectivity index (χ3n) is 5.30. The van der Waals surface area contributed by atoms with Crippen LogP contribution in [0.4, 0.5) is 9.18 Å². The summed E-state index contributed by atoms with van der Waals surface area (Å²) in [6.07, 6.45) is 3.77. The van der Waals surface area contributed by atoms with Crippen LogP contribution in [0.5, 0.6) is 0 Å². The van der Waals surface area contributed by atoms with E-state index in [-0.39, 0.29) is 24.4 Å². The Kier molecular flexibility index (Phi) is 5.36. The van der Waals surface area contributed by atoms with E-state index in [1.807, 2.05) is 14.0 Å². The van der Waals surface area contributed by atoms with Gasteiger partial charge in [0.1, 0.15) is 12.4 Å². The van der Waals surface area contributed by atoms with Crippen LogP contribution in [0.25, 0.3) is 0 Å². The van der Waals surface area contributed by atoms with Crippen LogP contribution in [-0.4, -0.2) is 47.4 Å². The SMILES string of the molecule is C[C@@H]1CCCC[C@@H]1N1C(=O)C(=O)N(C[NH+](C)Cc2cccc(F)c2)C1=O. The van der Waals surface area contributed by atoms with Crippen LogP contribution in [0.3, 0.4) is 0 Å². The number of hydrogen-bond donors (Lipinski definition) is 1. The van der Waals surface area contributed by atoms with Crippen LogP contribution in [0, 0.1) is 11.7 Å². The van der Waals surface area contributed by atoms with Gasteiger partial charge in [0.05, 0.1) is 7.05 Å². The Balaban J connectivity index is 1.69. The Morgan fingerprint density at radius 3 is 2.58 bits per heavy atom. The first kappa shape index (κ1) is 18.5. The van der Waals surface area contributed by atoms with Crippen molar-refractivity contribution in [2.24, 2.45) is 5.92 Å². The quantitative estimate of drug-likeness (QED) is 0.632. The molecule has 6 nitrogen and oxygen atoms in total. The molecule has 1 aliphatic carbocycles. The maximum Gasteiger partial charge on any atom is 0.338 e. The molecular formula is C19H25FN3O3+. The molecule has 2 aliphatic rings. The molecule has 1 unspecified atom stereocenters. The molecule has 0 radical (unpaired) electrons. The standard InChI is InChI=1S/C19H24FN3O3/c1-13-6-3-4-9-16(13)23-18(25)17(24)22(19(23)26)12-21(2)11-14-7-5-8-15(20)10-14/h5,7-8,10,13,16H,3-4,6,9,11-12H2,1-2H3/p+1/t13-,16+/m1/s1. The summed E-state index contributed by atoms with van der Waals surface area (Å²) in [6.45, 7) is 2.55. The molecule has 1 heterocycles. The molecule has 1 aromatic rings.